The molecule has 0 aliphatic carbocycles. The molecule has 0 saturated carbocycles. The first-order valence-electron chi connectivity index (χ1n) is 5.49. The zero-order valence-corrected chi connectivity index (χ0v) is 9.66. The molecule has 84 valence electrons. The lowest BCUT2D eigenvalue weighted by Gasteiger charge is -2.36. The topological polar surface area (TPSA) is 45.0 Å². The van der Waals surface area contributed by atoms with Crippen LogP contribution in [0.15, 0.2) is 24.3 Å². The molecule has 0 aromatic heterocycles. The van der Waals surface area contributed by atoms with Crippen molar-refractivity contribution in [3.05, 3.63) is 35.4 Å². The van der Waals surface area contributed by atoms with E-state index < -0.39 is 0 Å². The predicted molar refractivity (Wildman–Crippen MR) is 61.9 cm³/mol. The van der Waals surface area contributed by atoms with Gasteiger partial charge in [0.25, 0.3) is 0 Å². The van der Waals surface area contributed by atoms with Crippen LogP contribution in [0, 0.1) is 11.3 Å². The van der Waals surface area contributed by atoms with Gasteiger partial charge in [0.1, 0.15) is 0 Å². The summed E-state index contributed by atoms with van der Waals surface area (Å²) in [7, 11) is 0. The Morgan fingerprint density at radius 3 is 3.00 bits per heavy atom. The van der Waals surface area contributed by atoms with Gasteiger partial charge in [0.05, 0.1) is 23.3 Å². The summed E-state index contributed by atoms with van der Waals surface area (Å²) in [6.45, 7) is 5.81. The highest BCUT2D eigenvalue weighted by Crippen LogP contribution is 2.27. The molecule has 16 heavy (non-hydrogen) atoms. The van der Waals surface area contributed by atoms with Gasteiger partial charge >= 0.3 is 0 Å². The van der Waals surface area contributed by atoms with Crippen molar-refractivity contribution in [3.8, 4) is 6.07 Å². The summed E-state index contributed by atoms with van der Waals surface area (Å²) in [5.41, 5.74) is 1.61. The summed E-state index contributed by atoms with van der Waals surface area (Å²) in [5.74, 6) is 0. The number of nitrogens with one attached hydrogen (secondary N) is 1. The number of ether oxygens (including phenoxy) is 1. The number of hydrogen-bond donors (Lipinski definition) is 1. The normalized spacial score (nSPS) is 23.7. The summed E-state index contributed by atoms with van der Waals surface area (Å²) in [4.78, 5) is 0. The molecule has 1 atom stereocenters. The number of morpholine rings is 1. The van der Waals surface area contributed by atoms with E-state index in [1.807, 2.05) is 24.3 Å². The Hall–Kier alpha value is -1.37. The quantitative estimate of drug-likeness (QED) is 0.781. The molecular weight excluding hydrogens is 200 g/mol. The Kier molecular flexibility index (Phi) is 2.95. The minimum Gasteiger partial charge on any atom is -0.365 e. The maximum absolute atomic E-state index is 8.86. The van der Waals surface area contributed by atoms with Crippen molar-refractivity contribution in [1.82, 2.24) is 5.32 Å². The van der Waals surface area contributed by atoms with Gasteiger partial charge in [0.2, 0.25) is 0 Å². The summed E-state index contributed by atoms with van der Waals surface area (Å²) in [6.07, 6.45) is 0.0389. The van der Waals surface area contributed by atoms with Crippen LogP contribution in [0.25, 0.3) is 0 Å². The van der Waals surface area contributed by atoms with Gasteiger partial charge in [-0.3, -0.25) is 0 Å². The highest BCUT2D eigenvalue weighted by Gasteiger charge is 2.29. The predicted octanol–water partition coefficient (Wildman–Crippen LogP) is 2.00. The largest absolute Gasteiger partial charge is 0.365 e. The van der Waals surface area contributed by atoms with E-state index in [-0.39, 0.29) is 11.7 Å². The van der Waals surface area contributed by atoms with E-state index >= 15 is 0 Å². The Labute approximate surface area is 96.0 Å². The molecule has 1 heterocycles. The van der Waals surface area contributed by atoms with Gasteiger partial charge in [0.15, 0.2) is 0 Å². The average molecular weight is 216 g/mol. The molecule has 1 aliphatic heterocycles. The van der Waals surface area contributed by atoms with Crippen LogP contribution >= 0.6 is 0 Å². The lowest BCUT2D eigenvalue weighted by atomic mass is 10.0. The highest BCUT2D eigenvalue weighted by molar-refractivity contribution is 5.34. The molecule has 1 aromatic rings. The standard InChI is InChI=1S/C13H16N2O/c1-13(2)9-15-8-12(16-13)11-5-3-4-10(6-11)7-14/h3-6,12,15H,8-9H2,1-2H3. The first kappa shape index (κ1) is 11.1. The van der Waals surface area contributed by atoms with Crippen molar-refractivity contribution in [2.24, 2.45) is 0 Å². The van der Waals surface area contributed by atoms with Crippen LogP contribution in [0.2, 0.25) is 0 Å². The Balaban J connectivity index is 2.21. The van der Waals surface area contributed by atoms with Gasteiger partial charge in [-0.2, -0.15) is 5.26 Å². The third kappa shape index (κ3) is 2.41. The van der Waals surface area contributed by atoms with E-state index in [4.69, 9.17) is 10.00 Å². The number of nitrogens with zero attached hydrogens (tertiary/aromatic N) is 1. The minimum absolute atomic E-state index is 0.0389. The molecule has 0 spiro atoms. The van der Waals surface area contributed by atoms with E-state index in [9.17, 15) is 0 Å². The molecular formula is C13H16N2O. The number of nitriles is 1. The molecule has 3 heteroatoms. The molecule has 1 aromatic carbocycles. The van der Waals surface area contributed by atoms with Crippen molar-refractivity contribution < 1.29 is 4.74 Å². The van der Waals surface area contributed by atoms with E-state index in [1.54, 1.807) is 0 Å². The fourth-order valence-electron chi connectivity index (χ4n) is 1.97. The van der Waals surface area contributed by atoms with Crippen LogP contribution in [0.1, 0.15) is 31.1 Å². The number of hydrogen-bond acceptors (Lipinski definition) is 3. The van der Waals surface area contributed by atoms with Crippen molar-refractivity contribution in [2.45, 2.75) is 25.6 Å². The molecule has 0 bridgehead atoms. The summed E-state index contributed by atoms with van der Waals surface area (Å²) < 4.78 is 5.99. The summed E-state index contributed by atoms with van der Waals surface area (Å²) in [5, 5.41) is 12.2. The van der Waals surface area contributed by atoms with Crippen LogP contribution in [0.4, 0.5) is 0 Å². The lowest BCUT2D eigenvalue weighted by Crippen LogP contribution is -2.46. The van der Waals surface area contributed by atoms with Gasteiger partial charge in [-0.15, -0.1) is 0 Å². The Morgan fingerprint density at radius 2 is 2.31 bits per heavy atom. The molecule has 2 rings (SSSR count). The molecule has 1 aliphatic rings. The second kappa shape index (κ2) is 4.25. The third-order valence-corrected chi connectivity index (χ3v) is 2.73. The summed E-state index contributed by atoms with van der Waals surface area (Å²) >= 11 is 0. The molecule has 0 radical (unpaired) electrons. The zero-order chi connectivity index (χ0) is 11.6. The van der Waals surface area contributed by atoms with Crippen molar-refractivity contribution >= 4 is 0 Å². The highest BCUT2D eigenvalue weighted by atomic mass is 16.5. The number of benzene rings is 1. The van der Waals surface area contributed by atoms with Crippen LogP contribution in [-0.4, -0.2) is 18.7 Å². The molecule has 1 N–H and O–H groups in total. The lowest BCUT2D eigenvalue weighted by molar-refractivity contribution is -0.0958. The molecule has 1 unspecified atom stereocenters. The third-order valence-electron chi connectivity index (χ3n) is 2.73. The average Bonchev–Trinajstić information content (AvgIpc) is 2.28. The monoisotopic (exact) mass is 216 g/mol. The first-order valence-corrected chi connectivity index (χ1v) is 5.49. The fourth-order valence-corrected chi connectivity index (χ4v) is 1.97. The minimum atomic E-state index is -0.147. The molecule has 0 amide bonds. The van der Waals surface area contributed by atoms with Crippen molar-refractivity contribution in [2.75, 3.05) is 13.1 Å². The van der Waals surface area contributed by atoms with E-state index in [2.05, 4.69) is 25.2 Å². The molecule has 1 fully saturated rings. The van der Waals surface area contributed by atoms with Gasteiger partial charge in [-0.25, -0.2) is 0 Å². The molecule has 3 nitrogen and oxygen atoms in total. The Morgan fingerprint density at radius 1 is 1.50 bits per heavy atom. The van der Waals surface area contributed by atoms with Crippen LogP contribution in [0.5, 0.6) is 0 Å². The fraction of sp³-hybridized carbons (Fsp3) is 0.462. The van der Waals surface area contributed by atoms with E-state index in [0.29, 0.717) is 5.56 Å². The SMILES string of the molecule is CC1(C)CNCC(c2cccc(C#N)c2)O1. The van der Waals surface area contributed by atoms with E-state index in [0.717, 1.165) is 18.7 Å². The van der Waals surface area contributed by atoms with Gasteiger partial charge in [0, 0.05) is 13.1 Å². The molecule has 1 saturated heterocycles. The second-order valence-corrected chi connectivity index (χ2v) is 4.73. The maximum Gasteiger partial charge on any atom is 0.0991 e. The van der Waals surface area contributed by atoms with E-state index in [1.165, 1.54) is 0 Å². The van der Waals surface area contributed by atoms with Crippen molar-refractivity contribution in [1.29, 1.82) is 5.26 Å². The first-order chi connectivity index (χ1) is 7.61. The van der Waals surface area contributed by atoms with Crippen LogP contribution < -0.4 is 5.32 Å². The zero-order valence-electron chi connectivity index (χ0n) is 9.66. The Bertz CT molecular complexity index is 420. The van der Waals surface area contributed by atoms with Crippen LogP contribution in [-0.2, 0) is 4.74 Å². The smallest absolute Gasteiger partial charge is 0.0991 e. The van der Waals surface area contributed by atoms with Gasteiger partial charge < -0.3 is 10.1 Å². The number of rotatable bonds is 1. The van der Waals surface area contributed by atoms with Gasteiger partial charge in [-0.1, -0.05) is 12.1 Å². The van der Waals surface area contributed by atoms with Crippen molar-refractivity contribution in [3.63, 3.8) is 0 Å². The maximum atomic E-state index is 8.86. The van der Waals surface area contributed by atoms with Crippen LogP contribution in [0.3, 0.4) is 0 Å². The second-order valence-electron chi connectivity index (χ2n) is 4.73. The van der Waals surface area contributed by atoms with Gasteiger partial charge in [-0.05, 0) is 31.5 Å². The summed E-state index contributed by atoms with van der Waals surface area (Å²) in [6, 6.07) is 9.77.